The molecule has 0 unspecified atom stereocenters. The van der Waals surface area contributed by atoms with Crippen LogP contribution >= 0.6 is 12.2 Å². The van der Waals surface area contributed by atoms with Gasteiger partial charge in [-0.05, 0) is 18.6 Å². The third-order valence-electron chi connectivity index (χ3n) is 2.37. The number of hydrogen-bond donors (Lipinski definition) is 3. The van der Waals surface area contributed by atoms with Crippen molar-refractivity contribution in [1.82, 2.24) is 20.6 Å². The molecule has 0 aliphatic carbocycles. The first-order valence-electron chi connectivity index (χ1n) is 5.38. The van der Waals surface area contributed by atoms with Crippen LogP contribution in [0.5, 0.6) is 0 Å². The highest BCUT2D eigenvalue weighted by Gasteiger charge is 2.08. The molecular formula is C10H19N5S. The highest BCUT2D eigenvalue weighted by atomic mass is 32.1. The molecule has 0 aromatic carbocycles. The Bertz CT molecular complexity index is 336. The van der Waals surface area contributed by atoms with Crippen molar-refractivity contribution in [2.45, 2.75) is 13.3 Å². The summed E-state index contributed by atoms with van der Waals surface area (Å²) in [7, 11) is 3.83. The quantitative estimate of drug-likeness (QED) is 0.656. The Labute approximate surface area is 102 Å². The number of thiocarbonyl (C=S) groups is 1. The van der Waals surface area contributed by atoms with E-state index < -0.39 is 0 Å². The SMILES string of the molecule is CCc1[nH]cnc1N(C)CCNC(=S)NC. The number of aromatic amines is 1. The van der Waals surface area contributed by atoms with Gasteiger partial charge in [-0.15, -0.1) is 0 Å². The van der Waals surface area contributed by atoms with E-state index in [-0.39, 0.29) is 0 Å². The standard InChI is InChI=1S/C10H19N5S/c1-4-8-9(14-7-13-8)15(3)6-5-12-10(16)11-2/h7H,4-6H2,1-3H3,(H,13,14)(H2,11,12,16). The van der Waals surface area contributed by atoms with Crippen LogP contribution in [0.3, 0.4) is 0 Å². The van der Waals surface area contributed by atoms with Crippen molar-refractivity contribution in [3.8, 4) is 0 Å². The molecule has 0 bridgehead atoms. The first kappa shape index (κ1) is 12.8. The average Bonchev–Trinajstić information content (AvgIpc) is 2.76. The molecule has 3 N–H and O–H groups in total. The molecular weight excluding hydrogens is 222 g/mol. The summed E-state index contributed by atoms with van der Waals surface area (Å²) in [5.74, 6) is 1.01. The summed E-state index contributed by atoms with van der Waals surface area (Å²) in [5.41, 5.74) is 1.17. The number of aryl methyl sites for hydroxylation is 1. The summed E-state index contributed by atoms with van der Waals surface area (Å²) < 4.78 is 0. The summed E-state index contributed by atoms with van der Waals surface area (Å²) in [6.07, 6.45) is 2.69. The molecule has 0 radical (unpaired) electrons. The molecule has 5 nitrogen and oxygen atoms in total. The lowest BCUT2D eigenvalue weighted by molar-refractivity contribution is 0.802. The fourth-order valence-electron chi connectivity index (χ4n) is 1.43. The van der Waals surface area contributed by atoms with E-state index in [0.29, 0.717) is 5.11 Å². The van der Waals surface area contributed by atoms with E-state index in [1.165, 1.54) is 5.69 Å². The van der Waals surface area contributed by atoms with Gasteiger partial charge in [0.25, 0.3) is 0 Å². The zero-order chi connectivity index (χ0) is 12.0. The molecule has 0 aliphatic heterocycles. The Kier molecular flexibility index (Phi) is 5.04. The van der Waals surface area contributed by atoms with Crippen LogP contribution in [-0.2, 0) is 6.42 Å². The first-order valence-corrected chi connectivity index (χ1v) is 5.78. The lowest BCUT2D eigenvalue weighted by Crippen LogP contribution is -2.38. The number of nitrogens with one attached hydrogen (secondary N) is 3. The predicted octanol–water partition coefficient (Wildman–Crippen LogP) is 0.502. The smallest absolute Gasteiger partial charge is 0.166 e. The molecule has 0 aliphatic rings. The van der Waals surface area contributed by atoms with Gasteiger partial charge in [0.2, 0.25) is 0 Å². The van der Waals surface area contributed by atoms with E-state index in [4.69, 9.17) is 12.2 Å². The monoisotopic (exact) mass is 241 g/mol. The molecule has 0 saturated heterocycles. The van der Waals surface area contributed by atoms with Crippen molar-refractivity contribution in [3.05, 3.63) is 12.0 Å². The zero-order valence-corrected chi connectivity index (χ0v) is 10.8. The molecule has 90 valence electrons. The topological polar surface area (TPSA) is 56.0 Å². The number of anilines is 1. The Morgan fingerprint density at radius 1 is 1.62 bits per heavy atom. The number of likely N-dealkylation sites (N-methyl/N-ethyl adjacent to an activating group) is 1. The lowest BCUT2D eigenvalue weighted by Gasteiger charge is -2.18. The van der Waals surface area contributed by atoms with Gasteiger partial charge in [-0.2, -0.15) is 0 Å². The van der Waals surface area contributed by atoms with Crippen LogP contribution in [0.4, 0.5) is 5.82 Å². The largest absolute Gasteiger partial charge is 0.366 e. The molecule has 1 heterocycles. The molecule has 16 heavy (non-hydrogen) atoms. The summed E-state index contributed by atoms with van der Waals surface area (Å²) in [5, 5.41) is 6.65. The second kappa shape index (κ2) is 6.32. The summed E-state index contributed by atoms with van der Waals surface area (Å²) in [6, 6.07) is 0. The van der Waals surface area contributed by atoms with E-state index in [1.807, 2.05) is 14.1 Å². The van der Waals surface area contributed by atoms with Crippen LogP contribution in [0.15, 0.2) is 6.33 Å². The summed E-state index contributed by atoms with van der Waals surface area (Å²) in [4.78, 5) is 9.55. The van der Waals surface area contributed by atoms with Crippen molar-refractivity contribution >= 4 is 23.1 Å². The van der Waals surface area contributed by atoms with E-state index in [9.17, 15) is 0 Å². The van der Waals surface area contributed by atoms with E-state index >= 15 is 0 Å². The molecule has 1 aromatic rings. The predicted molar refractivity (Wildman–Crippen MR) is 70.9 cm³/mol. The van der Waals surface area contributed by atoms with Crippen molar-refractivity contribution in [3.63, 3.8) is 0 Å². The molecule has 1 rings (SSSR count). The van der Waals surface area contributed by atoms with Crippen molar-refractivity contribution in [2.24, 2.45) is 0 Å². The number of nitrogens with zero attached hydrogens (tertiary/aromatic N) is 2. The lowest BCUT2D eigenvalue weighted by atomic mass is 10.3. The van der Waals surface area contributed by atoms with Gasteiger partial charge in [0, 0.05) is 27.2 Å². The van der Waals surface area contributed by atoms with Gasteiger partial charge in [0.15, 0.2) is 5.11 Å². The normalized spacial score (nSPS) is 9.94. The van der Waals surface area contributed by atoms with Crippen LogP contribution in [0.25, 0.3) is 0 Å². The minimum Gasteiger partial charge on any atom is -0.366 e. The van der Waals surface area contributed by atoms with Crippen LogP contribution in [-0.4, -0.2) is 42.3 Å². The Morgan fingerprint density at radius 2 is 2.38 bits per heavy atom. The van der Waals surface area contributed by atoms with Crippen LogP contribution in [0.2, 0.25) is 0 Å². The maximum absolute atomic E-state index is 4.99. The number of rotatable bonds is 5. The summed E-state index contributed by atoms with van der Waals surface area (Å²) in [6.45, 7) is 3.77. The molecule has 0 amide bonds. The maximum Gasteiger partial charge on any atom is 0.166 e. The second-order valence-corrected chi connectivity index (χ2v) is 3.89. The third-order valence-corrected chi connectivity index (χ3v) is 2.72. The molecule has 1 aromatic heterocycles. The zero-order valence-electron chi connectivity index (χ0n) is 10.0. The van der Waals surface area contributed by atoms with Crippen LogP contribution in [0.1, 0.15) is 12.6 Å². The van der Waals surface area contributed by atoms with Gasteiger partial charge in [-0.25, -0.2) is 4.98 Å². The van der Waals surface area contributed by atoms with Crippen LogP contribution < -0.4 is 15.5 Å². The van der Waals surface area contributed by atoms with E-state index in [2.05, 4.69) is 32.4 Å². The Balaban J connectivity index is 2.40. The van der Waals surface area contributed by atoms with Gasteiger partial charge in [0.1, 0.15) is 5.82 Å². The minimum absolute atomic E-state index is 0.672. The number of hydrogen-bond acceptors (Lipinski definition) is 3. The Hall–Kier alpha value is -1.30. The Morgan fingerprint density at radius 3 is 3.00 bits per heavy atom. The molecule has 0 saturated carbocycles. The fourth-order valence-corrected chi connectivity index (χ4v) is 1.54. The second-order valence-electron chi connectivity index (χ2n) is 3.49. The molecule has 0 spiro atoms. The highest BCUT2D eigenvalue weighted by Crippen LogP contribution is 2.13. The number of imidazole rings is 1. The van der Waals surface area contributed by atoms with E-state index in [0.717, 1.165) is 25.3 Å². The average molecular weight is 241 g/mol. The van der Waals surface area contributed by atoms with Gasteiger partial charge >= 0.3 is 0 Å². The highest BCUT2D eigenvalue weighted by molar-refractivity contribution is 7.80. The van der Waals surface area contributed by atoms with Gasteiger partial charge in [-0.3, -0.25) is 0 Å². The fraction of sp³-hybridized carbons (Fsp3) is 0.600. The molecule has 6 heteroatoms. The first-order chi connectivity index (χ1) is 7.69. The summed E-state index contributed by atoms with van der Waals surface area (Å²) >= 11 is 4.99. The molecule has 0 fully saturated rings. The van der Waals surface area contributed by atoms with Crippen molar-refractivity contribution in [2.75, 3.05) is 32.1 Å². The minimum atomic E-state index is 0.672. The van der Waals surface area contributed by atoms with Crippen LogP contribution in [0, 0.1) is 0 Å². The van der Waals surface area contributed by atoms with Gasteiger partial charge < -0.3 is 20.5 Å². The van der Waals surface area contributed by atoms with Crippen molar-refractivity contribution < 1.29 is 0 Å². The van der Waals surface area contributed by atoms with Gasteiger partial charge in [0.05, 0.1) is 12.0 Å². The maximum atomic E-state index is 4.99. The van der Waals surface area contributed by atoms with Crippen molar-refractivity contribution in [1.29, 1.82) is 0 Å². The molecule has 0 atom stereocenters. The number of H-pyrrole nitrogens is 1. The third kappa shape index (κ3) is 3.37. The van der Waals surface area contributed by atoms with E-state index in [1.54, 1.807) is 6.33 Å². The van der Waals surface area contributed by atoms with Gasteiger partial charge in [-0.1, -0.05) is 6.92 Å². The number of aromatic nitrogens is 2.